The van der Waals surface area contributed by atoms with E-state index in [-0.39, 0.29) is 24.3 Å². The van der Waals surface area contributed by atoms with Gasteiger partial charge >= 0.3 is 11.9 Å². The Hall–Kier alpha value is -1.89. The molecule has 6 nitrogen and oxygen atoms in total. The third-order valence-electron chi connectivity index (χ3n) is 5.09. The number of aryl methyl sites for hydroxylation is 1. The topological polar surface area (TPSA) is 92.7 Å². The summed E-state index contributed by atoms with van der Waals surface area (Å²) >= 11 is 1.31. The van der Waals surface area contributed by atoms with Gasteiger partial charge in [0.2, 0.25) is 5.91 Å². The summed E-state index contributed by atoms with van der Waals surface area (Å²) in [5.74, 6) is -2.56. The van der Waals surface area contributed by atoms with Crippen LogP contribution < -0.4 is 5.32 Å². The summed E-state index contributed by atoms with van der Waals surface area (Å²) in [6.45, 7) is 3.83. The lowest BCUT2D eigenvalue weighted by atomic mass is 9.79. The van der Waals surface area contributed by atoms with Gasteiger partial charge in [-0.2, -0.15) is 0 Å². The number of rotatable bonds is 5. The van der Waals surface area contributed by atoms with E-state index in [9.17, 15) is 19.5 Å². The van der Waals surface area contributed by atoms with Gasteiger partial charge in [-0.1, -0.05) is 0 Å². The van der Waals surface area contributed by atoms with Crippen LogP contribution in [0, 0.1) is 30.6 Å². The fraction of sp³-hybridized carbons (Fsp3) is 0.588. The monoisotopic (exact) mass is 351 g/mol. The molecule has 0 aliphatic heterocycles. The van der Waals surface area contributed by atoms with E-state index in [1.54, 1.807) is 13.0 Å². The number of fused-ring (bicyclic) bond motifs is 2. The molecule has 1 aromatic rings. The minimum atomic E-state index is -0.893. The van der Waals surface area contributed by atoms with Crippen LogP contribution in [0.3, 0.4) is 0 Å². The highest BCUT2D eigenvalue weighted by molar-refractivity contribution is 7.16. The minimum Gasteiger partial charge on any atom is -0.481 e. The summed E-state index contributed by atoms with van der Waals surface area (Å²) in [5.41, 5.74) is 0.336. The Morgan fingerprint density at radius 3 is 2.58 bits per heavy atom. The Morgan fingerprint density at radius 1 is 1.29 bits per heavy atom. The molecule has 2 fully saturated rings. The minimum absolute atomic E-state index is 0.0952. The molecule has 130 valence electrons. The van der Waals surface area contributed by atoms with Crippen molar-refractivity contribution in [2.75, 3.05) is 11.9 Å². The molecular formula is C17H21NO5S. The largest absolute Gasteiger partial charge is 0.481 e. The Labute approximate surface area is 144 Å². The molecule has 0 saturated heterocycles. The van der Waals surface area contributed by atoms with Crippen LogP contribution in [0.25, 0.3) is 0 Å². The molecule has 2 aliphatic rings. The fourth-order valence-electron chi connectivity index (χ4n) is 4.19. The number of nitrogens with one attached hydrogen (secondary N) is 1. The maximum absolute atomic E-state index is 12.7. The zero-order valence-corrected chi connectivity index (χ0v) is 14.5. The molecule has 4 atom stereocenters. The molecule has 4 unspecified atom stereocenters. The first-order valence-corrected chi connectivity index (χ1v) is 9.05. The summed E-state index contributed by atoms with van der Waals surface area (Å²) in [6.07, 6.45) is 2.60. The summed E-state index contributed by atoms with van der Waals surface area (Å²) in [6, 6.07) is 1.69. The molecule has 2 saturated carbocycles. The second-order valence-electron chi connectivity index (χ2n) is 6.53. The first-order valence-electron chi connectivity index (χ1n) is 8.23. The standard InChI is InChI=1S/C17H21NO5S/c1-3-23-17(22)11-6-8(2)24-15(11)18-14(19)12-9-4-5-10(7-9)13(12)16(20)21/h6,9-10,12-13H,3-5,7H2,1-2H3,(H,18,19)(H,20,21). The smallest absolute Gasteiger partial charge is 0.341 e. The number of aliphatic carboxylic acids is 1. The lowest BCUT2D eigenvalue weighted by molar-refractivity contribution is -0.148. The fourth-order valence-corrected chi connectivity index (χ4v) is 5.09. The predicted molar refractivity (Wildman–Crippen MR) is 89.1 cm³/mol. The Morgan fingerprint density at radius 2 is 1.96 bits per heavy atom. The number of hydrogen-bond acceptors (Lipinski definition) is 5. The number of amides is 1. The van der Waals surface area contributed by atoms with Gasteiger partial charge in [0, 0.05) is 4.88 Å². The SMILES string of the molecule is CCOC(=O)c1cc(C)sc1NC(=O)C1C2CCC(C2)C1C(=O)O. The van der Waals surface area contributed by atoms with Gasteiger partial charge < -0.3 is 15.2 Å². The third kappa shape index (κ3) is 2.92. The maximum atomic E-state index is 12.7. The maximum Gasteiger partial charge on any atom is 0.341 e. The lowest BCUT2D eigenvalue weighted by Gasteiger charge is -2.26. The van der Waals surface area contributed by atoms with E-state index in [4.69, 9.17) is 4.74 Å². The van der Waals surface area contributed by atoms with Crippen molar-refractivity contribution in [1.82, 2.24) is 0 Å². The average molecular weight is 351 g/mol. The normalized spacial score (nSPS) is 27.9. The van der Waals surface area contributed by atoms with Crippen molar-refractivity contribution in [3.63, 3.8) is 0 Å². The highest BCUT2D eigenvalue weighted by Crippen LogP contribution is 2.52. The summed E-state index contributed by atoms with van der Waals surface area (Å²) in [4.78, 5) is 37.2. The van der Waals surface area contributed by atoms with E-state index in [0.29, 0.717) is 10.6 Å². The van der Waals surface area contributed by atoms with Gasteiger partial charge in [0.25, 0.3) is 0 Å². The molecule has 24 heavy (non-hydrogen) atoms. The van der Waals surface area contributed by atoms with E-state index in [1.165, 1.54) is 11.3 Å². The van der Waals surface area contributed by atoms with Crippen molar-refractivity contribution in [3.05, 3.63) is 16.5 Å². The average Bonchev–Trinajstić information content (AvgIpc) is 3.20. The highest BCUT2D eigenvalue weighted by atomic mass is 32.1. The molecule has 3 rings (SSSR count). The molecular weight excluding hydrogens is 330 g/mol. The third-order valence-corrected chi connectivity index (χ3v) is 6.06. The van der Waals surface area contributed by atoms with Crippen molar-refractivity contribution in [2.45, 2.75) is 33.1 Å². The lowest BCUT2D eigenvalue weighted by Crippen LogP contribution is -2.37. The van der Waals surface area contributed by atoms with Gasteiger partial charge in [0.15, 0.2) is 0 Å². The zero-order valence-electron chi connectivity index (χ0n) is 13.7. The van der Waals surface area contributed by atoms with Gasteiger partial charge in [-0.25, -0.2) is 4.79 Å². The number of thiophene rings is 1. The number of hydrogen-bond donors (Lipinski definition) is 2. The number of carbonyl (C=O) groups excluding carboxylic acids is 2. The van der Waals surface area contributed by atoms with Gasteiger partial charge in [0.1, 0.15) is 5.00 Å². The molecule has 2 bridgehead atoms. The molecule has 2 aliphatic carbocycles. The summed E-state index contributed by atoms with van der Waals surface area (Å²) in [5, 5.41) is 12.7. The van der Waals surface area contributed by atoms with Crippen LogP contribution in [-0.2, 0) is 14.3 Å². The van der Waals surface area contributed by atoms with Crippen molar-refractivity contribution in [3.8, 4) is 0 Å². The van der Waals surface area contributed by atoms with Crippen LogP contribution >= 0.6 is 11.3 Å². The number of carboxylic acids is 1. The van der Waals surface area contributed by atoms with E-state index < -0.39 is 23.8 Å². The number of carboxylic acid groups (broad SMARTS) is 1. The Kier molecular flexibility index (Phi) is 4.62. The number of esters is 1. The van der Waals surface area contributed by atoms with Gasteiger partial charge in [0.05, 0.1) is 24.0 Å². The molecule has 2 N–H and O–H groups in total. The van der Waals surface area contributed by atoms with Crippen LogP contribution in [0.1, 0.15) is 41.4 Å². The van der Waals surface area contributed by atoms with Crippen LogP contribution in [0.15, 0.2) is 6.07 Å². The van der Waals surface area contributed by atoms with Crippen LogP contribution in [0.2, 0.25) is 0 Å². The van der Waals surface area contributed by atoms with Gasteiger partial charge in [-0.3, -0.25) is 9.59 Å². The van der Waals surface area contributed by atoms with E-state index >= 15 is 0 Å². The van der Waals surface area contributed by atoms with Crippen LogP contribution in [-0.4, -0.2) is 29.6 Å². The summed E-state index contributed by atoms with van der Waals surface area (Å²) in [7, 11) is 0. The van der Waals surface area contributed by atoms with E-state index in [2.05, 4.69) is 5.32 Å². The molecule has 0 radical (unpaired) electrons. The Balaban J connectivity index is 1.80. The molecule has 1 amide bonds. The molecule has 7 heteroatoms. The van der Waals surface area contributed by atoms with Crippen molar-refractivity contribution < 1.29 is 24.2 Å². The molecule has 0 spiro atoms. The van der Waals surface area contributed by atoms with E-state index in [1.807, 2.05) is 6.92 Å². The van der Waals surface area contributed by atoms with E-state index in [0.717, 1.165) is 24.1 Å². The number of ether oxygens (including phenoxy) is 1. The first-order chi connectivity index (χ1) is 11.4. The van der Waals surface area contributed by atoms with Crippen LogP contribution in [0.5, 0.6) is 0 Å². The first kappa shape index (κ1) is 17.0. The second-order valence-corrected chi connectivity index (χ2v) is 7.79. The molecule has 1 aromatic heterocycles. The second kappa shape index (κ2) is 6.55. The quantitative estimate of drug-likeness (QED) is 0.796. The van der Waals surface area contributed by atoms with Crippen LogP contribution in [0.4, 0.5) is 5.00 Å². The highest BCUT2D eigenvalue weighted by Gasteiger charge is 2.54. The summed E-state index contributed by atoms with van der Waals surface area (Å²) < 4.78 is 5.02. The van der Waals surface area contributed by atoms with Crippen molar-refractivity contribution >= 4 is 34.2 Å². The zero-order chi connectivity index (χ0) is 17.4. The number of carbonyl (C=O) groups is 3. The van der Waals surface area contributed by atoms with Gasteiger partial charge in [-0.05, 0) is 51.0 Å². The van der Waals surface area contributed by atoms with Crippen molar-refractivity contribution in [1.29, 1.82) is 0 Å². The molecule has 1 heterocycles. The Bertz CT molecular complexity index is 683. The molecule has 0 aromatic carbocycles. The van der Waals surface area contributed by atoms with Crippen molar-refractivity contribution in [2.24, 2.45) is 23.7 Å². The predicted octanol–water partition coefficient (Wildman–Crippen LogP) is 2.92. The number of anilines is 1. The van der Waals surface area contributed by atoms with Gasteiger partial charge in [-0.15, -0.1) is 11.3 Å².